The van der Waals surface area contributed by atoms with Crippen molar-refractivity contribution in [3.8, 4) is 0 Å². The van der Waals surface area contributed by atoms with Crippen LogP contribution in [0.25, 0.3) is 0 Å². The molecule has 0 saturated carbocycles. The van der Waals surface area contributed by atoms with Crippen molar-refractivity contribution in [2.75, 3.05) is 6.61 Å². The molecule has 1 aromatic carbocycles. The summed E-state index contributed by atoms with van der Waals surface area (Å²) in [6.45, 7) is 11.9. The van der Waals surface area contributed by atoms with Gasteiger partial charge < -0.3 is 10.2 Å². The molecule has 0 aromatic heterocycles. The lowest BCUT2D eigenvalue weighted by atomic mass is 10.2. The summed E-state index contributed by atoms with van der Waals surface area (Å²) in [5, 5.41) is 1.50. The Bertz CT molecular complexity index is 361. The van der Waals surface area contributed by atoms with Crippen LogP contribution in [0.4, 0.5) is 0 Å². The fourth-order valence-electron chi connectivity index (χ4n) is 1.88. The minimum atomic E-state index is -1.99. The van der Waals surface area contributed by atoms with Gasteiger partial charge in [0.05, 0.1) is 0 Å². The van der Waals surface area contributed by atoms with E-state index in [0.29, 0.717) is 6.61 Å². The lowest BCUT2D eigenvalue weighted by molar-refractivity contribution is 0.265. The summed E-state index contributed by atoms with van der Waals surface area (Å²) in [6, 6.07) is 10.8. The van der Waals surface area contributed by atoms with Crippen LogP contribution in [0.2, 0.25) is 11.6 Å². The summed E-state index contributed by atoms with van der Waals surface area (Å²) in [7, 11) is -1.99. The van der Waals surface area contributed by atoms with E-state index in [-0.39, 0.29) is 11.1 Å². The highest BCUT2D eigenvalue weighted by Gasteiger charge is 2.43. The molecule has 0 heterocycles. The molecule has 18 heavy (non-hydrogen) atoms. The number of nitrogens with two attached hydrogens (primary N) is 1. The first-order valence-electron chi connectivity index (χ1n) is 6.76. The Morgan fingerprint density at radius 1 is 1.22 bits per heavy atom. The SMILES string of the molecule is CC[C@@H](N)CO[Si](C)(c1ccccc1)C(C)(C)C. The Hall–Kier alpha value is -0.643. The Kier molecular flexibility index (Phi) is 5.14. The standard InChI is InChI=1S/C15H27NOSi/c1-6-13(16)12-17-18(5,15(2,3)4)14-10-8-7-9-11-14/h7-11,13H,6,12,16H2,1-5H3/t13-,18?/m1/s1. The second-order valence-electron chi connectivity index (χ2n) is 6.13. The second kappa shape index (κ2) is 6.00. The molecule has 0 spiro atoms. The van der Waals surface area contributed by atoms with Crippen molar-refractivity contribution in [1.82, 2.24) is 0 Å². The van der Waals surface area contributed by atoms with Crippen molar-refractivity contribution in [3.63, 3.8) is 0 Å². The third-order valence-electron chi connectivity index (χ3n) is 3.87. The van der Waals surface area contributed by atoms with Crippen LogP contribution in [0, 0.1) is 0 Å². The molecule has 0 saturated heterocycles. The van der Waals surface area contributed by atoms with Crippen LogP contribution in [0.3, 0.4) is 0 Å². The summed E-state index contributed by atoms with van der Waals surface area (Å²) < 4.78 is 6.35. The first-order chi connectivity index (χ1) is 8.31. The molecule has 2 nitrogen and oxygen atoms in total. The van der Waals surface area contributed by atoms with E-state index in [1.165, 1.54) is 5.19 Å². The largest absolute Gasteiger partial charge is 0.411 e. The van der Waals surface area contributed by atoms with E-state index >= 15 is 0 Å². The van der Waals surface area contributed by atoms with Gasteiger partial charge in [0.25, 0.3) is 0 Å². The monoisotopic (exact) mass is 265 g/mol. The van der Waals surface area contributed by atoms with Gasteiger partial charge in [0.2, 0.25) is 8.32 Å². The fraction of sp³-hybridized carbons (Fsp3) is 0.600. The van der Waals surface area contributed by atoms with E-state index in [2.05, 4.69) is 64.6 Å². The lowest BCUT2D eigenvalue weighted by Gasteiger charge is -2.40. The van der Waals surface area contributed by atoms with Crippen LogP contribution >= 0.6 is 0 Å². The van der Waals surface area contributed by atoms with Gasteiger partial charge in [-0.1, -0.05) is 58.0 Å². The van der Waals surface area contributed by atoms with Gasteiger partial charge in [0, 0.05) is 12.6 Å². The van der Waals surface area contributed by atoms with Crippen LogP contribution < -0.4 is 10.9 Å². The zero-order valence-corrected chi connectivity index (χ0v) is 13.4. The molecular formula is C15H27NOSi. The van der Waals surface area contributed by atoms with E-state index in [4.69, 9.17) is 10.2 Å². The molecular weight excluding hydrogens is 238 g/mol. The van der Waals surface area contributed by atoms with Crippen molar-refractivity contribution in [2.24, 2.45) is 5.73 Å². The summed E-state index contributed by atoms with van der Waals surface area (Å²) in [4.78, 5) is 0. The normalized spacial score (nSPS) is 17.2. The molecule has 0 aliphatic carbocycles. The number of hydrogen-bond donors (Lipinski definition) is 1. The zero-order chi connectivity index (χ0) is 13.8. The Morgan fingerprint density at radius 3 is 2.22 bits per heavy atom. The van der Waals surface area contributed by atoms with Crippen LogP contribution in [0.5, 0.6) is 0 Å². The summed E-state index contributed by atoms with van der Waals surface area (Å²) in [5.74, 6) is 0. The molecule has 1 rings (SSSR count). The first kappa shape index (κ1) is 15.4. The smallest absolute Gasteiger partial charge is 0.226 e. The van der Waals surface area contributed by atoms with E-state index in [0.717, 1.165) is 6.42 Å². The van der Waals surface area contributed by atoms with Crippen molar-refractivity contribution in [3.05, 3.63) is 30.3 Å². The van der Waals surface area contributed by atoms with Gasteiger partial charge in [-0.15, -0.1) is 0 Å². The van der Waals surface area contributed by atoms with Gasteiger partial charge in [0.15, 0.2) is 0 Å². The molecule has 2 atom stereocenters. The Labute approximate surface area is 113 Å². The van der Waals surface area contributed by atoms with E-state index < -0.39 is 8.32 Å². The average Bonchev–Trinajstić information content (AvgIpc) is 2.35. The van der Waals surface area contributed by atoms with Gasteiger partial charge in [0.1, 0.15) is 0 Å². The molecule has 0 aliphatic heterocycles. The maximum atomic E-state index is 6.35. The minimum Gasteiger partial charge on any atom is -0.411 e. The van der Waals surface area contributed by atoms with Gasteiger partial charge in [-0.3, -0.25) is 0 Å². The third kappa shape index (κ3) is 3.43. The van der Waals surface area contributed by atoms with E-state index in [9.17, 15) is 0 Å². The fourth-order valence-corrected chi connectivity index (χ4v) is 4.72. The molecule has 1 unspecified atom stereocenters. The summed E-state index contributed by atoms with van der Waals surface area (Å²) in [5.41, 5.74) is 6.00. The Balaban J connectivity index is 2.97. The third-order valence-corrected chi connectivity index (χ3v) is 8.91. The second-order valence-corrected chi connectivity index (χ2v) is 10.6. The molecule has 0 bridgehead atoms. The highest BCUT2D eigenvalue weighted by Crippen LogP contribution is 2.36. The predicted octanol–water partition coefficient (Wildman–Crippen LogP) is 3.02. The van der Waals surface area contributed by atoms with Gasteiger partial charge in [-0.25, -0.2) is 0 Å². The first-order valence-corrected chi connectivity index (χ1v) is 9.17. The quantitative estimate of drug-likeness (QED) is 0.831. The van der Waals surface area contributed by atoms with Crippen molar-refractivity contribution in [2.45, 2.75) is 51.7 Å². The van der Waals surface area contributed by atoms with Crippen molar-refractivity contribution in [1.29, 1.82) is 0 Å². The van der Waals surface area contributed by atoms with E-state index in [1.54, 1.807) is 0 Å². The van der Waals surface area contributed by atoms with Crippen LogP contribution in [0.1, 0.15) is 34.1 Å². The minimum absolute atomic E-state index is 0.142. The van der Waals surface area contributed by atoms with Crippen LogP contribution in [0.15, 0.2) is 30.3 Å². The van der Waals surface area contributed by atoms with Crippen LogP contribution in [-0.2, 0) is 4.43 Å². The summed E-state index contributed by atoms with van der Waals surface area (Å²) in [6.07, 6.45) is 0.962. The van der Waals surface area contributed by atoms with Crippen molar-refractivity contribution >= 4 is 13.5 Å². The molecule has 0 aliphatic rings. The van der Waals surface area contributed by atoms with Crippen molar-refractivity contribution < 1.29 is 4.43 Å². The maximum absolute atomic E-state index is 6.35. The highest BCUT2D eigenvalue weighted by molar-refractivity contribution is 6.87. The molecule has 0 amide bonds. The lowest BCUT2D eigenvalue weighted by Crippen LogP contribution is -2.56. The number of rotatable bonds is 5. The van der Waals surface area contributed by atoms with Crippen LogP contribution in [-0.4, -0.2) is 21.0 Å². The molecule has 102 valence electrons. The zero-order valence-electron chi connectivity index (χ0n) is 12.4. The number of benzene rings is 1. The maximum Gasteiger partial charge on any atom is 0.226 e. The predicted molar refractivity (Wildman–Crippen MR) is 81.6 cm³/mol. The van der Waals surface area contributed by atoms with Gasteiger partial charge >= 0.3 is 0 Å². The number of hydrogen-bond acceptors (Lipinski definition) is 2. The Morgan fingerprint density at radius 2 is 1.78 bits per heavy atom. The summed E-state index contributed by atoms with van der Waals surface area (Å²) >= 11 is 0. The molecule has 3 heteroatoms. The average molecular weight is 265 g/mol. The highest BCUT2D eigenvalue weighted by atomic mass is 28.4. The molecule has 0 fully saturated rings. The molecule has 0 radical (unpaired) electrons. The topological polar surface area (TPSA) is 35.2 Å². The molecule has 2 N–H and O–H groups in total. The van der Waals surface area contributed by atoms with Gasteiger partial charge in [-0.05, 0) is 23.2 Å². The molecule has 1 aromatic rings. The van der Waals surface area contributed by atoms with E-state index in [1.807, 2.05) is 0 Å². The van der Waals surface area contributed by atoms with Gasteiger partial charge in [-0.2, -0.15) is 0 Å².